The average Bonchev–Trinajstić information content (AvgIpc) is 2.59. The van der Waals surface area contributed by atoms with Gasteiger partial charge in [-0.15, -0.1) is 0 Å². The predicted molar refractivity (Wildman–Crippen MR) is 89.3 cm³/mol. The number of hydrogen-bond acceptors (Lipinski definition) is 2. The van der Waals surface area contributed by atoms with E-state index in [0.29, 0.717) is 12.8 Å². The smallest absolute Gasteiger partial charge is 0.335 e. The van der Waals surface area contributed by atoms with Gasteiger partial charge in [-0.2, -0.15) is 0 Å². The van der Waals surface area contributed by atoms with Gasteiger partial charge in [0.1, 0.15) is 5.82 Å². The van der Waals surface area contributed by atoms with Crippen molar-refractivity contribution < 1.29 is 19.1 Å². The van der Waals surface area contributed by atoms with Crippen LogP contribution in [0.2, 0.25) is 0 Å². The lowest BCUT2D eigenvalue weighted by Gasteiger charge is -2.25. The maximum absolute atomic E-state index is 13.0. The van der Waals surface area contributed by atoms with Gasteiger partial charge in [-0.3, -0.25) is 4.79 Å². The van der Waals surface area contributed by atoms with Gasteiger partial charge in [0, 0.05) is 13.5 Å². The van der Waals surface area contributed by atoms with Gasteiger partial charge >= 0.3 is 5.97 Å². The molecule has 4 nitrogen and oxygen atoms in total. The summed E-state index contributed by atoms with van der Waals surface area (Å²) in [5.41, 5.74) is 2.02. The highest BCUT2D eigenvalue weighted by molar-refractivity contribution is 5.87. The number of carbonyl (C=O) groups excluding carboxylic acids is 1. The van der Waals surface area contributed by atoms with Crippen LogP contribution in [0.4, 0.5) is 4.39 Å². The predicted octanol–water partition coefficient (Wildman–Crippen LogP) is 3.68. The summed E-state index contributed by atoms with van der Waals surface area (Å²) in [7, 11) is 1.73. The zero-order valence-electron chi connectivity index (χ0n) is 13.7. The highest BCUT2D eigenvalue weighted by Crippen LogP contribution is 2.20. The van der Waals surface area contributed by atoms with E-state index >= 15 is 0 Å². The van der Waals surface area contributed by atoms with Crippen molar-refractivity contribution in [1.29, 1.82) is 0 Å². The lowest BCUT2D eigenvalue weighted by molar-refractivity contribution is -0.131. The lowest BCUT2D eigenvalue weighted by atomic mass is 10.0. The van der Waals surface area contributed by atoms with Crippen molar-refractivity contribution in [2.24, 2.45) is 0 Å². The molecule has 2 aromatic carbocycles. The van der Waals surface area contributed by atoms with Gasteiger partial charge in [0.25, 0.3) is 0 Å². The van der Waals surface area contributed by atoms with Crippen LogP contribution in [-0.2, 0) is 11.2 Å². The molecule has 0 aromatic heterocycles. The second kappa shape index (κ2) is 7.73. The highest BCUT2D eigenvalue weighted by Gasteiger charge is 2.17. The quantitative estimate of drug-likeness (QED) is 0.879. The molecule has 0 heterocycles. The van der Waals surface area contributed by atoms with E-state index in [4.69, 9.17) is 5.11 Å². The molecule has 0 saturated carbocycles. The van der Waals surface area contributed by atoms with Crippen LogP contribution < -0.4 is 0 Å². The fourth-order valence-electron chi connectivity index (χ4n) is 2.42. The topological polar surface area (TPSA) is 57.6 Å². The van der Waals surface area contributed by atoms with E-state index < -0.39 is 5.97 Å². The molecular weight excluding hydrogens is 309 g/mol. The molecule has 0 aliphatic carbocycles. The first-order valence-corrected chi connectivity index (χ1v) is 7.72. The Kier molecular flexibility index (Phi) is 5.68. The van der Waals surface area contributed by atoms with E-state index in [1.165, 1.54) is 24.3 Å². The van der Waals surface area contributed by atoms with Gasteiger partial charge in [-0.05, 0) is 48.7 Å². The molecule has 126 valence electrons. The summed E-state index contributed by atoms with van der Waals surface area (Å²) in [5, 5.41) is 8.87. The normalized spacial score (nSPS) is 11.8. The van der Waals surface area contributed by atoms with Gasteiger partial charge in [-0.25, -0.2) is 9.18 Å². The van der Waals surface area contributed by atoms with Crippen molar-refractivity contribution >= 4 is 11.9 Å². The monoisotopic (exact) mass is 329 g/mol. The van der Waals surface area contributed by atoms with Crippen LogP contribution in [-0.4, -0.2) is 28.9 Å². The zero-order chi connectivity index (χ0) is 17.7. The molecule has 0 fully saturated rings. The Morgan fingerprint density at radius 2 is 1.67 bits per heavy atom. The van der Waals surface area contributed by atoms with Crippen molar-refractivity contribution in [3.8, 4) is 0 Å². The Balaban J connectivity index is 1.93. The highest BCUT2D eigenvalue weighted by atomic mass is 19.1. The molecule has 1 amide bonds. The van der Waals surface area contributed by atoms with E-state index in [1.54, 1.807) is 36.2 Å². The third kappa shape index (κ3) is 4.41. The number of aryl methyl sites for hydroxylation is 1. The molecular formula is C19H20FNO3. The van der Waals surface area contributed by atoms with E-state index in [9.17, 15) is 14.0 Å². The summed E-state index contributed by atoms with van der Waals surface area (Å²) in [5.74, 6) is -1.29. The van der Waals surface area contributed by atoms with Gasteiger partial charge in [0.05, 0.1) is 11.6 Å². The maximum Gasteiger partial charge on any atom is 0.335 e. The standard InChI is InChI=1S/C19H20FNO3/c1-13(15-8-10-17(20)11-9-15)21(2)18(22)12-5-14-3-6-16(7-4-14)19(23)24/h3-4,6-11,13H,5,12H2,1-2H3,(H,23,24). The summed E-state index contributed by atoms with van der Waals surface area (Å²) in [6.45, 7) is 1.90. The number of halogens is 1. The second-order valence-electron chi connectivity index (χ2n) is 5.73. The number of hydrogen-bond donors (Lipinski definition) is 1. The van der Waals surface area contributed by atoms with Crippen LogP contribution in [0.15, 0.2) is 48.5 Å². The van der Waals surface area contributed by atoms with E-state index in [-0.39, 0.29) is 23.3 Å². The Bertz CT molecular complexity index is 710. The van der Waals surface area contributed by atoms with Crippen LogP contribution >= 0.6 is 0 Å². The van der Waals surface area contributed by atoms with Crippen molar-refractivity contribution in [1.82, 2.24) is 4.90 Å². The third-order valence-corrected chi connectivity index (χ3v) is 4.16. The van der Waals surface area contributed by atoms with Crippen molar-refractivity contribution in [3.05, 3.63) is 71.0 Å². The molecule has 0 spiro atoms. The van der Waals surface area contributed by atoms with E-state index in [2.05, 4.69) is 0 Å². The molecule has 2 aromatic rings. The van der Waals surface area contributed by atoms with Gasteiger partial charge < -0.3 is 10.0 Å². The van der Waals surface area contributed by atoms with Crippen LogP contribution in [0.5, 0.6) is 0 Å². The average molecular weight is 329 g/mol. The minimum Gasteiger partial charge on any atom is -0.478 e. The second-order valence-corrected chi connectivity index (χ2v) is 5.73. The zero-order valence-corrected chi connectivity index (χ0v) is 13.7. The molecule has 24 heavy (non-hydrogen) atoms. The summed E-state index contributed by atoms with van der Waals surface area (Å²) in [6.07, 6.45) is 0.869. The molecule has 1 N–H and O–H groups in total. The molecule has 1 unspecified atom stereocenters. The van der Waals surface area contributed by atoms with Crippen molar-refractivity contribution in [3.63, 3.8) is 0 Å². The Labute approximate surface area is 140 Å². The Hall–Kier alpha value is -2.69. The number of carboxylic acids is 1. The molecule has 5 heteroatoms. The number of carbonyl (C=O) groups is 2. The van der Waals surface area contributed by atoms with Crippen LogP contribution in [0.1, 0.15) is 40.9 Å². The van der Waals surface area contributed by atoms with Crippen LogP contribution in [0.3, 0.4) is 0 Å². The number of nitrogens with zero attached hydrogens (tertiary/aromatic N) is 1. The first-order chi connectivity index (χ1) is 11.4. The first kappa shape index (κ1) is 17.7. The summed E-state index contributed by atoms with van der Waals surface area (Å²) in [4.78, 5) is 24.8. The molecule has 1 atom stereocenters. The van der Waals surface area contributed by atoms with Gasteiger partial charge in [-0.1, -0.05) is 24.3 Å². The number of carboxylic acid groups (broad SMARTS) is 1. The molecule has 0 aliphatic rings. The fraction of sp³-hybridized carbons (Fsp3) is 0.263. The van der Waals surface area contributed by atoms with Gasteiger partial charge in [0.2, 0.25) is 5.91 Å². The minimum absolute atomic E-state index is 0.0193. The van der Waals surface area contributed by atoms with E-state index in [1.807, 2.05) is 6.92 Å². The van der Waals surface area contributed by atoms with Gasteiger partial charge in [0.15, 0.2) is 0 Å². The number of amides is 1. The van der Waals surface area contributed by atoms with Crippen molar-refractivity contribution in [2.75, 3.05) is 7.05 Å². The molecule has 0 aliphatic heterocycles. The van der Waals surface area contributed by atoms with Crippen LogP contribution in [0.25, 0.3) is 0 Å². The molecule has 0 bridgehead atoms. The van der Waals surface area contributed by atoms with Crippen LogP contribution in [0, 0.1) is 5.82 Å². The number of rotatable bonds is 6. The Morgan fingerprint density at radius 3 is 2.21 bits per heavy atom. The molecule has 0 saturated heterocycles. The first-order valence-electron chi connectivity index (χ1n) is 7.72. The Morgan fingerprint density at radius 1 is 1.08 bits per heavy atom. The third-order valence-electron chi connectivity index (χ3n) is 4.16. The molecule has 2 rings (SSSR count). The SMILES string of the molecule is CC(c1ccc(F)cc1)N(C)C(=O)CCc1ccc(C(=O)O)cc1. The number of aromatic carboxylic acids is 1. The minimum atomic E-state index is -0.967. The summed E-state index contributed by atoms with van der Waals surface area (Å²) < 4.78 is 13.0. The summed E-state index contributed by atoms with van der Waals surface area (Å²) >= 11 is 0. The van der Waals surface area contributed by atoms with Crippen molar-refractivity contribution in [2.45, 2.75) is 25.8 Å². The maximum atomic E-state index is 13.0. The summed E-state index contributed by atoms with van der Waals surface area (Å²) in [6, 6.07) is 12.5. The molecule has 0 radical (unpaired) electrons. The lowest BCUT2D eigenvalue weighted by Crippen LogP contribution is -2.29. The van der Waals surface area contributed by atoms with E-state index in [0.717, 1.165) is 11.1 Å². The fourth-order valence-corrected chi connectivity index (χ4v) is 2.42. The largest absolute Gasteiger partial charge is 0.478 e. The number of benzene rings is 2.